The van der Waals surface area contributed by atoms with Crippen LogP contribution in [0.15, 0.2) is 0 Å². The summed E-state index contributed by atoms with van der Waals surface area (Å²) in [4.78, 5) is 25.4. The van der Waals surface area contributed by atoms with E-state index in [1.807, 2.05) is 0 Å². The molecule has 0 aliphatic heterocycles. The van der Waals surface area contributed by atoms with Crippen LogP contribution in [-0.2, 0) is 91.5 Å². The Morgan fingerprint density at radius 1 is 0.536 bits per heavy atom. The van der Waals surface area contributed by atoms with Gasteiger partial charge in [0.25, 0.3) is 0 Å². The summed E-state index contributed by atoms with van der Waals surface area (Å²) < 4.78 is 19.7. The second-order valence-electron chi connectivity index (χ2n) is 5.68. The quantitative estimate of drug-likeness (QED) is 0.147. The molecule has 0 fully saturated rings. The molecular weight excluding hydrogens is 680 g/mol. The number of rotatable bonds is 15. The summed E-state index contributed by atoms with van der Waals surface area (Å²) in [5, 5.41) is 0. The maximum Gasteiger partial charge on any atom is -0.438 e. The van der Waals surface area contributed by atoms with Crippen molar-refractivity contribution in [3.8, 4) is 0 Å². The molecule has 10 heteroatoms. The van der Waals surface area contributed by atoms with Gasteiger partial charge in [0.05, 0.1) is 0 Å². The summed E-state index contributed by atoms with van der Waals surface area (Å²) in [6.45, 7) is 12.5. The molecule has 0 saturated carbocycles. The molecule has 6 nitrogen and oxygen atoms in total. The average Bonchev–Trinajstić information content (AvgIpc) is 2.67. The summed E-state index contributed by atoms with van der Waals surface area (Å²) in [7, 11) is -3.37. The van der Waals surface area contributed by atoms with E-state index in [-0.39, 0.29) is 0 Å². The van der Waals surface area contributed by atoms with E-state index >= 15 is 0 Å². The Morgan fingerprint density at radius 2 is 0.750 bits per heavy atom. The van der Waals surface area contributed by atoms with Crippen LogP contribution in [0.1, 0.15) is 59.3 Å². The fourth-order valence-corrected chi connectivity index (χ4v) is 3.10. The van der Waals surface area contributed by atoms with Gasteiger partial charge in [-0.3, -0.25) is 0 Å². The van der Waals surface area contributed by atoms with Crippen LogP contribution in [0.4, 0.5) is 0 Å². The molecule has 0 aliphatic rings. The molecule has 0 aromatic carbocycles. The minimum absolute atomic E-state index is 0.976. The van der Waals surface area contributed by atoms with Gasteiger partial charge >= 0.3 is 202 Å². The van der Waals surface area contributed by atoms with Crippen LogP contribution in [-0.4, -0.2) is 39.6 Å². The molecule has 0 amide bonds. The molecule has 0 aliphatic carbocycles. The third-order valence-electron chi connectivity index (χ3n) is 2.79. The zero-order valence-electron chi connectivity index (χ0n) is 18.6. The van der Waals surface area contributed by atoms with Gasteiger partial charge in [-0.1, -0.05) is 0 Å². The van der Waals surface area contributed by atoms with Gasteiger partial charge in [-0.25, -0.2) is 0 Å². The molecule has 158 valence electrons. The van der Waals surface area contributed by atoms with Gasteiger partial charge in [-0.15, -0.1) is 0 Å². The van der Waals surface area contributed by atoms with E-state index in [0.717, 1.165) is 117 Å². The molecule has 28 heavy (non-hydrogen) atoms. The molecule has 0 atom stereocenters. The standard InChI is InChI=1S/3C6H13O.3Cd.O3P/c3*1-3-5-6-7-4-2;;;;1-4(2)3/h3*2-6H2,1H3;;;;/q;;;3*+1;-3. The van der Waals surface area contributed by atoms with Crippen molar-refractivity contribution in [3.05, 3.63) is 0 Å². The van der Waals surface area contributed by atoms with E-state index in [9.17, 15) is 0 Å². The van der Waals surface area contributed by atoms with Crippen molar-refractivity contribution >= 4 is 8.60 Å². The van der Waals surface area contributed by atoms with Crippen molar-refractivity contribution in [1.82, 2.24) is 0 Å². The van der Waals surface area contributed by atoms with Crippen LogP contribution in [0.25, 0.3) is 0 Å². The van der Waals surface area contributed by atoms with Crippen LogP contribution in [0.5, 0.6) is 0 Å². The summed E-state index contributed by atoms with van der Waals surface area (Å²) in [6, 6.07) is 0. The van der Waals surface area contributed by atoms with E-state index in [2.05, 4.69) is 20.8 Å². The normalized spacial score (nSPS) is 9.75. The van der Waals surface area contributed by atoms with Crippen LogP contribution in [0.3, 0.4) is 0 Å². The third-order valence-corrected chi connectivity index (χ3v) is 5.26. The number of hydrogen-bond acceptors (Lipinski definition) is 6. The topological polar surface area (TPSA) is 96.9 Å². The summed E-state index contributed by atoms with van der Waals surface area (Å²) in [5.74, 6) is 0. The zero-order valence-corrected chi connectivity index (χ0v) is 31.6. The van der Waals surface area contributed by atoms with Gasteiger partial charge in [-0.2, -0.15) is 0 Å². The van der Waals surface area contributed by atoms with Crippen molar-refractivity contribution in [1.29, 1.82) is 0 Å². The number of unbranched alkanes of at least 4 members (excludes halogenated alkanes) is 3. The molecule has 0 heterocycles. The van der Waals surface area contributed by atoms with Crippen molar-refractivity contribution in [2.24, 2.45) is 0 Å². The molecular formula is C18H39Cd3O6P. The SMILES string of the molecule is CCCCOC[CH2][Cd+].CCCCOC[CH2][Cd+].CCCCOC[CH2][Cd+].[O-]P([O-])[O-]. The number of hydrogen-bond donors (Lipinski definition) is 0. The molecule has 0 aromatic rings. The first-order chi connectivity index (χ1) is 13.5. The summed E-state index contributed by atoms with van der Waals surface area (Å²) in [6.07, 6.45) is 7.44. The van der Waals surface area contributed by atoms with Gasteiger partial charge in [-0.05, 0) is 0 Å². The fraction of sp³-hybridized carbons (Fsp3) is 1.00. The van der Waals surface area contributed by atoms with E-state index in [0.29, 0.717) is 0 Å². The van der Waals surface area contributed by atoms with Crippen molar-refractivity contribution in [2.75, 3.05) is 39.6 Å². The molecule has 0 N–H and O–H groups in total. The molecule has 0 aromatic heterocycles. The molecule has 0 spiro atoms. The van der Waals surface area contributed by atoms with Crippen molar-refractivity contribution < 1.29 is 106 Å². The summed E-state index contributed by atoms with van der Waals surface area (Å²) >= 11 is 3.28. The average molecular weight is 720 g/mol. The van der Waals surface area contributed by atoms with Gasteiger partial charge < -0.3 is 23.3 Å². The molecule has 0 bridgehead atoms. The number of ether oxygens (including phenoxy) is 3. The Balaban J connectivity index is -0.000000141. The summed E-state index contributed by atoms with van der Waals surface area (Å²) in [5.41, 5.74) is 0. The van der Waals surface area contributed by atoms with E-state index in [1.54, 1.807) is 0 Å². The second-order valence-corrected chi connectivity index (χ2v) is 12.2. The first kappa shape index (κ1) is 38.2. The third kappa shape index (κ3) is 70.2. The smallest absolute Gasteiger partial charge is 0.438 e. The zero-order chi connectivity index (χ0) is 22.3. The Kier molecular flexibility index (Phi) is 59.8. The van der Waals surface area contributed by atoms with Crippen LogP contribution in [0, 0.1) is 0 Å². The largest absolute Gasteiger partial charge is 0.854 e. The van der Waals surface area contributed by atoms with Crippen LogP contribution >= 0.6 is 8.60 Å². The second kappa shape index (κ2) is 43.8. The van der Waals surface area contributed by atoms with Crippen molar-refractivity contribution in [3.63, 3.8) is 0 Å². The maximum atomic E-state index is 8.48. The maximum absolute atomic E-state index is 8.48. The minimum Gasteiger partial charge on any atom is -0.854 e. The monoisotopic (exact) mass is 724 g/mol. The molecule has 0 unspecified atom stereocenters. The van der Waals surface area contributed by atoms with Crippen LogP contribution in [0.2, 0.25) is 11.9 Å². The Morgan fingerprint density at radius 3 is 0.893 bits per heavy atom. The minimum atomic E-state index is -3.37. The van der Waals surface area contributed by atoms with E-state index < -0.39 is 8.60 Å². The van der Waals surface area contributed by atoms with Gasteiger partial charge in [0.1, 0.15) is 0 Å². The predicted octanol–water partition coefficient (Wildman–Crippen LogP) is 2.60. The van der Waals surface area contributed by atoms with Crippen molar-refractivity contribution in [2.45, 2.75) is 71.2 Å². The van der Waals surface area contributed by atoms with Gasteiger partial charge in [0.2, 0.25) is 0 Å². The predicted molar refractivity (Wildman–Crippen MR) is 98.5 cm³/mol. The molecule has 0 saturated heterocycles. The first-order valence-electron chi connectivity index (χ1n) is 10.4. The van der Waals surface area contributed by atoms with Gasteiger partial charge in [0, 0.05) is 0 Å². The van der Waals surface area contributed by atoms with E-state index in [4.69, 9.17) is 28.9 Å². The molecule has 0 rings (SSSR count). The van der Waals surface area contributed by atoms with E-state index in [1.165, 1.54) is 50.5 Å². The fourth-order valence-electron chi connectivity index (χ4n) is 1.35. The Hall–Kier alpha value is 2.96. The van der Waals surface area contributed by atoms with Gasteiger partial charge in [0.15, 0.2) is 0 Å². The first-order valence-corrected chi connectivity index (χ1v) is 20.1. The Labute approximate surface area is 223 Å². The Bertz CT molecular complexity index is 172. The van der Waals surface area contributed by atoms with Crippen LogP contribution < -0.4 is 14.7 Å². The molecule has 0 radical (unpaired) electrons.